The Labute approximate surface area is 77.9 Å². The van der Waals surface area contributed by atoms with Crippen molar-refractivity contribution < 1.29 is 0 Å². The number of aliphatic imine (C=N–C) groups is 1. The molecule has 0 bridgehead atoms. The normalized spacial score (nSPS) is 10.9. The molecule has 1 aromatic carbocycles. The maximum absolute atomic E-state index is 4.29. The first-order valence-electron chi connectivity index (χ1n) is 3.91. The summed E-state index contributed by atoms with van der Waals surface area (Å²) >= 11 is 1.73. The second-order valence-electron chi connectivity index (χ2n) is 2.56. The number of nitrogens with zero attached hydrogens (tertiary/aromatic N) is 1. The van der Waals surface area contributed by atoms with Crippen LogP contribution in [0.1, 0.15) is 12.5 Å². The predicted octanol–water partition coefficient (Wildman–Crippen LogP) is 3.44. The smallest absolute Gasteiger partial charge is 0.0763 e. The zero-order valence-electron chi connectivity index (χ0n) is 7.66. The van der Waals surface area contributed by atoms with Crippen LogP contribution in [0.25, 0.3) is 0 Å². The Kier molecular flexibility index (Phi) is 3.35. The molecule has 1 rings (SSSR count). The topological polar surface area (TPSA) is 12.4 Å². The summed E-state index contributed by atoms with van der Waals surface area (Å²) in [5.74, 6) is 0. The van der Waals surface area contributed by atoms with E-state index in [-0.39, 0.29) is 0 Å². The Balaban J connectivity index is 3.12. The monoisotopic (exact) mass is 179 g/mol. The summed E-state index contributed by atoms with van der Waals surface area (Å²) in [6.45, 7) is 4.02. The summed E-state index contributed by atoms with van der Waals surface area (Å²) in [5.41, 5.74) is 2.33. The van der Waals surface area contributed by atoms with E-state index in [0.717, 1.165) is 5.69 Å². The average molecular weight is 179 g/mol. The van der Waals surface area contributed by atoms with Gasteiger partial charge in [0.15, 0.2) is 0 Å². The largest absolute Gasteiger partial charge is 0.260 e. The van der Waals surface area contributed by atoms with Crippen molar-refractivity contribution in [1.29, 1.82) is 0 Å². The van der Waals surface area contributed by atoms with Crippen molar-refractivity contribution in [2.24, 2.45) is 4.99 Å². The molecular weight excluding hydrogens is 166 g/mol. The van der Waals surface area contributed by atoms with Crippen molar-refractivity contribution in [1.82, 2.24) is 0 Å². The zero-order valence-corrected chi connectivity index (χ0v) is 8.48. The van der Waals surface area contributed by atoms with Gasteiger partial charge in [0.1, 0.15) is 0 Å². The molecule has 0 saturated heterocycles. The van der Waals surface area contributed by atoms with Crippen LogP contribution in [0.15, 0.2) is 28.1 Å². The molecule has 12 heavy (non-hydrogen) atoms. The van der Waals surface area contributed by atoms with Gasteiger partial charge in [-0.05, 0) is 37.8 Å². The van der Waals surface area contributed by atoms with E-state index in [2.05, 4.69) is 36.4 Å². The summed E-state index contributed by atoms with van der Waals surface area (Å²) in [6, 6.07) is 6.33. The minimum atomic E-state index is 1.07. The maximum atomic E-state index is 4.29. The van der Waals surface area contributed by atoms with Crippen LogP contribution in [0.3, 0.4) is 0 Å². The van der Waals surface area contributed by atoms with Crippen LogP contribution in [-0.2, 0) is 0 Å². The molecule has 2 heteroatoms. The molecular formula is C10H13NS. The van der Waals surface area contributed by atoms with Gasteiger partial charge in [-0.25, -0.2) is 0 Å². The van der Waals surface area contributed by atoms with Crippen molar-refractivity contribution in [3.8, 4) is 0 Å². The second-order valence-corrected chi connectivity index (χ2v) is 3.41. The highest BCUT2D eigenvalue weighted by atomic mass is 32.2. The predicted molar refractivity (Wildman–Crippen MR) is 56.8 cm³/mol. The van der Waals surface area contributed by atoms with E-state index in [9.17, 15) is 0 Å². The molecule has 1 nitrogen and oxygen atoms in total. The van der Waals surface area contributed by atoms with Crippen LogP contribution in [0.2, 0.25) is 0 Å². The van der Waals surface area contributed by atoms with Crippen molar-refractivity contribution >= 4 is 23.7 Å². The molecule has 0 N–H and O–H groups in total. The van der Waals surface area contributed by atoms with E-state index in [4.69, 9.17) is 0 Å². The Hall–Kier alpha value is -0.760. The van der Waals surface area contributed by atoms with Gasteiger partial charge in [0.05, 0.1) is 5.69 Å². The highest BCUT2D eigenvalue weighted by molar-refractivity contribution is 7.98. The lowest BCUT2D eigenvalue weighted by Crippen LogP contribution is -1.76. The molecule has 0 amide bonds. The molecule has 0 radical (unpaired) electrons. The number of hydrogen-bond donors (Lipinski definition) is 0. The Morgan fingerprint density at radius 2 is 2.17 bits per heavy atom. The maximum Gasteiger partial charge on any atom is 0.0763 e. The average Bonchev–Trinajstić information content (AvgIpc) is 2.05. The fourth-order valence-corrected chi connectivity index (χ4v) is 1.56. The number of thioether (sulfide) groups is 1. The van der Waals surface area contributed by atoms with E-state index >= 15 is 0 Å². The minimum Gasteiger partial charge on any atom is -0.260 e. The summed E-state index contributed by atoms with van der Waals surface area (Å²) in [7, 11) is 0. The van der Waals surface area contributed by atoms with Gasteiger partial charge in [0.2, 0.25) is 0 Å². The molecule has 0 heterocycles. The quantitative estimate of drug-likeness (QED) is 0.500. The standard InChI is InChI=1S/C10H13NS/c1-4-11-9-7-8(2)5-6-10(9)12-3/h4-7H,1-3H3. The summed E-state index contributed by atoms with van der Waals surface area (Å²) in [6.07, 6.45) is 3.90. The fraction of sp³-hybridized carbons (Fsp3) is 0.300. The molecule has 0 saturated carbocycles. The minimum absolute atomic E-state index is 1.07. The van der Waals surface area contributed by atoms with Crippen molar-refractivity contribution in [2.45, 2.75) is 18.7 Å². The second kappa shape index (κ2) is 4.31. The first-order chi connectivity index (χ1) is 5.77. The van der Waals surface area contributed by atoms with Gasteiger partial charge in [0.25, 0.3) is 0 Å². The van der Waals surface area contributed by atoms with Crippen LogP contribution in [-0.4, -0.2) is 12.5 Å². The van der Waals surface area contributed by atoms with Gasteiger partial charge in [-0.1, -0.05) is 6.07 Å². The van der Waals surface area contributed by atoms with Crippen LogP contribution in [0.5, 0.6) is 0 Å². The van der Waals surface area contributed by atoms with E-state index in [0.29, 0.717) is 0 Å². The van der Waals surface area contributed by atoms with Gasteiger partial charge in [-0.3, -0.25) is 4.99 Å². The molecule has 0 unspecified atom stereocenters. The molecule has 0 aromatic heterocycles. The van der Waals surface area contributed by atoms with Gasteiger partial charge in [-0.15, -0.1) is 11.8 Å². The molecule has 0 spiro atoms. The summed E-state index contributed by atoms with van der Waals surface area (Å²) in [4.78, 5) is 5.53. The third kappa shape index (κ3) is 2.11. The van der Waals surface area contributed by atoms with E-state index < -0.39 is 0 Å². The molecule has 0 atom stereocenters. The summed E-state index contributed by atoms with van der Waals surface area (Å²) < 4.78 is 0. The zero-order chi connectivity index (χ0) is 8.97. The van der Waals surface area contributed by atoms with E-state index in [1.807, 2.05) is 13.1 Å². The molecule has 1 aromatic rings. The number of benzene rings is 1. The molecule has 0 fully saturated rings. The molecule has 0 aliphatic heterocycles. The highest BCUT2D eigenvalue weighted by Crippen LogP contribution is 2.28. The van der Waals surface area contributed by atoms with Gasteiger partial charge < -0.3 is 0 Å². The van der Waals surface area contributed by atoms with Gasteiger partial charge in [0, 0.05) is 11.1 Å². The molecule has 0 aliphatic rings. The fourth-order valence-electron chi connectivity index (χ4n) is 1.04. The van der Waals surface area contributed by atoms with Crippen LogP contribution >= 0.6 is 11.8 Å². The third-order valence-electron chi connectivity index (χ3n) is 1.60. The number of rotatable bonds is 2. The molecule has 0 aliphatic carbocycles. The Morgan fingerprint density at radius 3 is 2.75 bits per heavy atom. The van der Waals surface area contributed by atoms with Crippen molar-refractivity contribution in [3.63, 3.8) is 0 Å². The first-order valence-corrected chi connectivity index (χ1v) is 5.13. The van der Waals surface area contributed by atoms with Crippen LogP contribution in [0, 0.1) is 6.92 Å². The van der Waals surface area contributed by atoms with Crippen molar-refractivity contribution in [2.75, 3.05) is 6.26 Å². The van der Waals surface area contributed by atoms with Gasteiger partial charge >= 0.3 is 0 Å². The SMILES string of the molecule is CC=Nc1cc(C)ccc1SC. The molecule has 64 valence electrons. The van der Waals surface area contributed by atoms with Crippen LogP contribution in [0.4, 0.5) is 5.69 Å². The van der Waals surface area contributed by atoms with E-state index in [1.54, 1.807) is 11.8 Å². The van der Waals surface area contributed by atoms with E-state index in [1.165, 1.54) is 10.5 Å². The van der Waals surface area contributed by atoms with Crippen LogP contribution < -0.4 is 0 Å². The summed E-state index contributed by atoms with van der Waals surface area (Å²) in [5, 5.41) is 0. The van der Waals surface area contributed by atoms with Gasteiger partial charge in [-0.2, -0.15) is 0 Å². The Bertz CT molecular complexity index is 292. The van der Waals surface area contributed by atoms with Crippen molar-refractivity contribution in [3.05, 3.63) is 23.8 Å². The third-order valence-corrected chi connectivity index (χ3v) is 2.39. The first kappa shape index (κ1) is 9.33. The lowest BCUT2D eigenvalue weighted by molar-refractivity contribution is 1.33. The lowest BCUT2D eigenvalue weighted by atomic mass is 10.2. The number of aryl methyl sites for hydroxylation is 1. The Morgan fingerprint density at radius 1 is 1.42 bits per heavy atom. The lowest BCUT2D eigenvalue weighted by Gasteiger charge is -2.02. The number of hydrogen-bond acceptors (Lipinski definition) is 2. The highest BCUT2D eigenvalue weighted by Gasteiger charge is 1.97.